The number of furan rings is 1. The zero-order valence-electron chi connectivity index (χ0n) is 13.9. The predicted octanol–water partition coefficient (Wildman–Crippen LogP) is 4.62. The molecule has 4 rings (SSSR count). The molecule has 0 saturated carbocycles. The first-order valence-electron chi connectivity index (χ1n) is 8.11. The third kappa shape index (κ3) is 3.10. The Kier molecular flexibility index (Phi) is 4.15. The van der Waals surface area contributed by atoms with Gasteiger partial charge in [-0.25, -0.2) is 0 Å². The average molecular weight is 350 g/mol. The Labute approximate surface area is 149 Å². The van der Waals surface area contributed by atoms with E-state index in [1.165, 1.54) is 5.56 Å². The van der Waals surface area contributed by atoms with Crippen LogP contribution in [0.25, 0.3) is 10.2 Å². The predicted molar refractivity (Wildman–Crippen MR) is 99.9 cm³/mol. The van der Waals surface area contributed by atoms with Gasteiger partial charge in [0.15, 0.2) is 0 Å². The Morgan fingerprint density at radius 3 is 2.76 bits per heavy atom. The molecule has 126 valence electrons. The van der Waals surface area contributed by atoms with Crippen molar-refractivity contribution < 1.29 is 9.21 Å². The molecule has 0 aliphatic rings. The summed E-state index contributed by atoms with van der Waals surface area (Å²) in [4.78, 5) is 14.7. The van der Waals surface area contributed by atoms with Crippen molar-refractivity contribution in [1.82, 2.24) is 9.47 Å². The highest BCUT2D eigenvalue weighted by molar-refractivity contribution is 7.17. The third-order valence-corrected chi connectivity index (χ3v) is 5.10. The van der Waals surface area contributed by atoms with E-state index in [9.17, 15) is 4.79 Å². The van der Waals surface area contributed by atoms with Crippen molar-refractivity contribution in [2.24, 2.45) is 0 Å². The number of carbonyl (C=O) groups excluding carboxylic acids is 1. The number of nitrogens with zero attached hydrogens (tertiary/aromatic N) is 2. The Bertz CT molecular complexity index is 983. The molecule has 4 nitrogen and oxygen atoms in total. The van der Waals surface area contributed by atoms with Crippen LogP contribution in [0.2, 0.25) is 0 Å². The van der Waals surface area contributed by atoms with Crippen LogP contribution >= 0.6 is 11.3 Å². The minimum absolute atomic E-state index is 0.00395. The van der Waals surface area contributed by atoms with Crippen molar-refractivity contribution in [1.29, 1.82) is 0 Å². The van der Waals surface area contributed by atoms with Gasteiger partial charge in [0.2, 0.25) is 0 Å². The third-order valence-electron chi connectivity index (χ3n) is 4.25. The van der Waals surface area contributed by atoms with Crippen LogP contribution < -0.4 is 0 Å². The van der Waals surface area contributed by atoms with Crippen molar-refractivity contribution in [2.75, 3.05) is 7.05 Å². The molecule has 0 unspecified atom stereocenters. The monoisotopic (exact) mass is 350 g/mol. The normalized spacial score (nSPS) is 11.1. The number of hydrogen-bond donors (Lipinski definition) is 0. The Hall–Kier alpha value is -2.79. The number of amides is 1. The SMILES string of the molecule is CN(Cc1ccco1)C(=O)c1cc2sccc2n1Cc1ccccc1. The summed E-state index contributed by atoms with van der Waals surface area (Å²) in [6, 6.07) is 18.0. The second kappa shape index (κ2) is 6.61. The maximum Gasteiger partial charge on any atom is 0.270 e. The van der Waals surface area contributed by atoms with Crippen LogP contribution in [0.3, 0.4) is 0 Å². The van der Waals surface area contributed by atoms with Gasteiger partial charge in [-0.15, -0.1) is 11.3 Å². The Morgan fingerprint density at radius 2 is 2.00 bits per heavy atom. The van der Waals surface area contributed by atoms with E-state index in [0.29, 0.717) is 18.8 Å². The van der Waals surface area contributed by atoms with Gasteiger partial charge >= 0.3 is 0 Å². The standard InChI is InChI=1S/C20H18N2O2S/c1-21(14-16-8-5-10-24-16)20(23)18-12-19-17(9-11-25-19)22(18)13-15-6-3-2-4-7-15/h2-12H,13-14H2,1H3. The van der Waals surface area contributed by atoms with Crippen molar-refractivity contribution in [3.63, 3.8) is 0 Å². The second-order valence-electron chi connectivity index (χ2n) is 6.01. The van der Waals surface area contributed by atoms with Gasteiger partial charge in [-0.3, -0.25) is 4.79 Å². The number of rotatable bonds is 5. The minimum Gasteiger partial charge on any atom is -0.467 e. The number of fused-ring (bicyclic) bond motifs is 1. The maximum absolute atomic E-state index is 13.0. The van der Waals surface area contributed by atoms with E-state index in [4.69, 9.17) is 4.42 Å². The van der Waals surface area contributed by atoms with E-state index in [1.54, 1.807) is 29.5 Å². The second-order valence-corrected chi connectivity index (χ2v) is 6.96. The van der Waals surface area contributed by atoms with Gasteiger partial charge in [0, 0.05) is 13.6 Å². The highest BCUT2D eigenvalue weighted by atomic mass is 32.1. The lowest BCUT2D eigenvalue weighted by molar-refractivity contribution is 0.0765. The van der Waals surface area contributed by atoms with Crippen LogP contribution in [0.5, 0.6) is 0 Å². The molecule has 25 heavy (non-hydrogen) atoms. The van der Waals surface area contributed by atoms with Crippen LogP contribution in [0.1, 0.15) is 21.8 Å². The summed E-state index contributed by atoms with van der Waals surface area (Å²) in [5.74, 6) is 0.773. The molecule has 5 heteroatoms. The molecule has 0 spiro atoms. The van der Waals surface area contributed by atoms with Gasteiger partial charge in [-0.05, 0) is 35.2 Å². The van der Waals surface area contributed by atoms with Gasteiger partial charge in [-0.1, -0.05) is 30.3 Å². The van der Waals surface area contributed by atoms with Crippen LogP contribution in [0, 0.1) is 0 Å². The minimum atomic E-state index is -0.00395. The lowest BCUT2D eigenvalue weighted by Gasteiger charge is -2.18. The van der Waals surface area contributed by atoms with Gasteiger partial charge in [-0.2, -0.15) is 0 Å². The summed E-state index contributed by atoms with van der Waals surface area (Å²) in [6.45, 7) is 1.13. The fourth-order valence-corrected chi connectivity index (χ4v) is 3.82. The Balaban J connectivity index is 1.67. The van der Waals surface area contributed by atoms with Crippen molar-refractivity contribution >= 4 is 27.5 Å². The molecule has 3 aromatic heterocycles. The molecule has 0 saturated heterocycles. The number of hydrogen-bond acceptors (Lipinski definition) is 3. The number of thiophene rings is 1. The zero-order chi connectivity index (χ0) is 17.2. The molecular formula is C20H18N2O2S. The highest BCUT2D eigenvalue weighted by Gasteiger charge is 2.20. The lowest BCUT2D eigenvalue weighted by atomic mass is 10.2. The molecule has 0 radical (unpaired) electrons. The number of aromatic nitrogens is 1. The molecule has 3 heterocycles. The quantitative estimate of drug-likeness (QED) is 0.527. The fourth-order valence-electron chi connectivity index (χ4n) is 2.99. The van der Waals surface area contributed by atoms with Crippen LogP contribution in [0.15, 0.2) is 70.7 Å². The van der Waals surface area contributed by atoms with E-state index < -0.39 is 0 Å². The van der Waals surface area contributed by atoms with Crippen LogP contribution in [-0.4, -0.2) is 22.4 Å². The molecule has 0 aliphatic heterocycles. The summed E-state index contributed by atoms with van der Waals surface area (Å²) in [5, 5.41) is 2.06. The molecule has 0 N–H and O–H groups in total. The van der Waals surface area contributed by atoms with Crippen molar-refractivity contribution in [2.45, 2.75) is 13.1 Å². The molecule has 4 aromatic rings. The van der Waals surface area contributed by atoms with Gasteiger partial charge in [0.05, 0.1) is 23.0 Å². The first-order chi connectivity index (χ1) is 12.2. The fraction of sp³-hybridized carbons (Fsp3) is 0.150. The molecule has 0 fully saturated rings. The van der Waals surface area contributed by atoms with Crippen LogP contribution in [-0.2, 0) is 13.1 Å². The summed E-state index contributed by atoms with van der Waals surface area (Å²) in [5.41, 5.74) is 2.98. The lowest BCUT2D eigenvalue weighted by Crippen LogP contribution is -2.28. The molecule has 1 aromatic carbocycles. The number of benzene rings is 1. The molecule has 0 aliphatic carbocycles. The van der Waals surface area contributed by atoms with Gasteiger partial charge < -0.3 is 13.9 Å². The van der Waals surface area contributed by atoms with Gasteiger partial charge in [0.1, 0.15) is 11.5 Å². The zero-order valence-corrected chi connectivity index (χ0v) is 14.7. The largest absolute Gasteiger partial charge is 0.467 e. The van der Waals surface area contributed by atoms with Crippen molar-refractivity contribution in [3.8, 4) is 0 Å². The highest BCUT2D eigenvalue weighted by Crippen LogP contribution is 2.27. The number of carbonyl (C=O) groups is 1. The van der Waals surface area contributed by atoms with E-state index >= 15 is 0 Å². The summed E-state index contributed by atoms with van der Waals surface area (Å²) in [6.07, 6.45) is 1.63. The summed E-state index contributed by atoms with van der Waals surface area (Å²) in [7, 11) is 1.80. The smallest absolute Gasteiger partial charge is 0.270 e. The molecular weight excluding hydrogens is 332 g/mol. The Morgan fingerprint density at radius 1 is 1.16 bits per heavy atom. The molecule has 1 amide bonds. The van der Waals surface area contributed by atoms with E-state index in [0.717, 1.165) is 16.0 Å². The van der Waals surface area contributed by atoms with Crippen molar-refractivity contribution in [3.05, 3.63) is 83.3 Å². The van der Waals surface area contributed by atoms with E-state index in [-0.39, 0.29) is 5.91 Å². The first kappa shape index (κ1) is 15.7. The van der Waals surface area contributed by atoms with E-state index in [1.807, 2.05) is 36.4 Å². The van der Waals surface area contributed by atoms with Crippen LogP contribution in [0.4, 0.5) is 0 Å². The van der Waals surface area contributed by atoms with Gasteiger partial charge in [0.25, 0.3) is 5.91 Å². The maximum atomic E-state index is 13.0. The van der Waals surface area contributed by atoms with E-state index in [2.05, 4.69) is 28.1 Å². The first-order valence-corrected chi connectivity index (χ1v) is 8.99. The summed E-state index contributed by atoms with van der Waals surface area (Å²) >= 11 is 1.66. The molecule has 0 atom stereocenters. The average Bonchev–Trinajstić information content (AvgIpc) is 3.34. The summed E-state index contributed by atoms with van der Waals surface area (Å²) < 4.78 is 8.59. The topological polar surface area (TPSA) is 38.4 Å². The molecule has 0 bridgehead atoms.